The fourth-order valence-electron chi connectivity index (χ4n) is 1.58. The predicted molar refractivity (Wildman–Crippen MR) is 47.1 cm³/mol. The van der Waals surface area contributed by atoms with Gasteiger partial charge in [0.2, 0.25) is 5.91 Å². The Labute approximate surface area is 77.1 Å². The van der Waals surface area contributed by atoms with E-state index in [0.717, 1.165) is 0 Å². The van der Waals surface area contributed by atoms with Crippen LogP contribution in [0.5, 0.6) is 0 Å². The summed E-state index contributed by atoms with van der Waals surface area (Å²) < 4.78 is 0. The molecule has 1 rings (SSSR count). The van der Waals surface area contributed by atoms with Crippen molar-refractivity contribution in [1.29, 1.82) is 0 Å². The highest BCUT2D eigenvalue weighted by atomic mass is 16.3. The molecule has 1 amide bonds. The van der Waals surface area contributed by atoms with Crippen LogP contribution in [0.1, 0.15) is 12.8 Å². The molecule has 0 aromatic rings. The first-order valence-corrected chi connectivity index (χ1v) is 4.43. The molecule has 3 atom stereocenters. The van der Waals surface area contributed by atoms with Crippen molar-refractivity contribution in [2.45, 2.75) is 31.0 Å². The zero-order chi connectivity index (χ0) is 9.84. The van der Waals surface area contributed by atoms with Gasteiger partial charge in [-0.3, -0.25) is 4.79 Å². The Bertz CT molecular complexity index is 186. The summed E-state index contributed by atoms with van der Waals surface area (Å²) in [6, 6.07) is -0.304. The maximum Gasteiger partial charge on any atom is 0.221 e. The van der Waals surface area contributed by atoms with E-state index in [1.54, 1.807) is 7.05 Å². The fourth-order valence-corrected chi connectivity index (χ4v) is 1.58. The van der Waals surface area contributed by atoms with Crippen LogP contribution in [0.2, 0.25) is 0 Å². The molecule has 0 spiro atoms. The summed E-state index contributed by atoms with van der Waals surface area (Å²) in [7, 11) is 1.58. The highest BCUT2D eigenvalue weighted by Gasteiger charge is 2.32. The van der Waals surface area contributed by atoms with Crippen LogP contribution in [0.15, 0.2) is 0 Å². The molecule has 0 aromatic heterocycles. The minimum absolute atomic E-state index is 0.0212. The summed E-state index contributed by atoms with van der Waals surface area (Å²) in [4.78, 5) is 11.0. The summed E-state index contributed by atoms with van der Waals surface area (Å²) in [5, 5.41) is 23.7. The molecule has 0 aliphatic carbocycles. The molecule has 4 N–H and O–H groups in total. The van der Waals surface area contributed by atoms with Crippen LogP contribution in [0.25, 0.3) is 0 Å². The summed E-state index contributed by atoms with van der Waals surface area (Å²) in [5.41, 5.74) is 0. The first-order valence-electron chi connectivity index (χ1n) is 4.43. The minimum Gasteiger partial charge on any atom is -0.395 e. The van der Waals surface area contributed by atoms with E-state index in [2.05, 4.69) is 10.6 Å². The number of hydrogen-bond acceptors (Lipinski definition) is 4. The van der Waals surface area contributed by atoms with Crippen LogP contribution in [-0.2, 0) is 4.79 Å². The van der Waals surface area contributed by atoms with Gasteiger partial charge in [-0.05, 0) is 6.42 Å². The highest BCUT2D eigenvalue weighted by molar-refractivity contribution is 5.76. The second-order valence-electron chi connectivity index (χ2n) is 3.33. The van der Waals surface area contributed by atoms with Gasteiger partial charge in [0.1, 0.15) is 0 Å². The Morgan fingerprint density at radius 1 is 1.69 bits per heavy atom. The molecule has 0 saturated carbocycles. The number of carbonyl (C=O) groups excluding carboxylic acids is 1. The average molecular weight is 188 g/mol. The van der Waals surface area contributed by atoms with E-state index in [1.807, 2.05) is 0 Å². The average Bonchev–Trinajstić information content (AvgIpc) is 2.46. The molecule has 0 radical (unpaired) electrons. The molecular formula is C8H16N2O3. The van der Waals surface area contributed by atoms with Gasteiger partial charge in [-0.1, -0.05) is 0 Å². The zero-order valence-electron chi connectivity index (χ0n) is 7.66. The van der Waals surface area contributed by atoms with E-state index in [4.69, 9.17) is 5.11 Å². The van der Waals surface area contributed by atoms with Crippen LogP contribution in [0.4, 0.5) is 0 Å². The Balaban J connectivity index is 2.35. The Kier molecular flexibility index (Phi) is 3.65. The lowest BCUT2D eigenvalue weighted by Gasteiger charge is -2.11. The van der Waals surface area contributed by atoms with Crippen LogP contribution in [0.3, 0.4) is 0 Å². The Morgan fingerprint density at radius 3 is 2.85 bits per heavy atom. The van der Waals surface area contributed by atoms with Crippen molar-refractivity contribution in [1.82, 2.24) is 10.6 Å². The number of nitrogens with one attached hydrogen (secondary N) is 2. The van der Waals surface area contributed by atoms with Crippen molar-refractivity contribution in [3.05, 3.63) is 0 Å². The van der Waals surface area contributed by atoms with Crippen molar-refractivity contribution in [3.8, 4) is 0 Å². The molecule has 76 valence electrons. The number of aliphatic hydroxyl groups excluding tert-OH is 2. The summed E-state index contributed by atoms with van der Waals surface area (Å²) in [6.45, 7) is -0.0919. The van der Waals surface area contributed by atoms with Gasteiger partial charge in [-0.25, -0.2) is 0 Å². The second-order valence-corrected chi connectivity index (χ2v) is 3.33. The molecular weight excluding hydrogens is 172 g/mol. The van der Waals surface area contributed by atoms with Gasteiger partial charge < -0.3 is 20.8 Å². The minimum atomic E-state index is -0.542. The molecule has 1 aliphatic heterocycles. The van der Waals surface area contributed by atoms with E-state index in [9.17, 15) is 9.90 Å². The number of rotatable bonds is 3. The van der Waals surface area contributed by atoms with Crippen molar-refractivity contribution >= 4 is 5.91 Å². The molecule has 0 unspecified atom stereocenters. The molecule has 0 bridgehead atoms. The summed E-state index contributed by atoms with van der Waals surface area (Å²) in [5.74, 6) is -0.0525. The largest absolute Gasteiger partial charge is 0.395 e. The lowest BCUT2D eigenvalue weighted by atomic mass is 10.1. The van der Waals surface area contributed by atoms with Gasteiger partial charge in [0, 0.05) is 19.5 Å². The lowest BCUT2D eigenvalue weighted by Crippen LogP contribution is -2.38. The monoisotopic (exact) mass is 188 g/mol. The standard InChI is InChI=1S/C8H16N2O3/c1-9-8(13)3-5-2-7(12)6(4-11)10-5/h5-7,10-12H,2-4H2,1H3,(H,9,13)/t5-,6+,7-/m0/s1. The summed E-state index contributed by atoms with van der Waals surface area (Å²) in [6.07, 6.45) is 0.336. The van der Waals surface area contributed by atoms with Gasteiger partial charge in [-0.2, -0.15) is 0 Å². The van der Waals surface area contributed by atoms with Crippen LogP contribution in [0, 0.1) is 0 Å². The molecule has 1 fully saturated rings. The smallest absolute Gasteiger partial charge is 0.221 e. The Hall–Kier alpha value is -0.650. The quantitative estimate of drug-likeness (QED) is 0.421. The van der Waals surface area contributed by atoms with Gasteiger partial charge in [0.25, 0.3) is 0 Å². The van der Waals surface area contributed by atoms with Crippen molar-refractivity contribution < 1.29 is 15.0 Å². The molecule has 5 heteroatoms. The van der Waals surface area contributed by atoms with Crippen molar-refractivity contribution in [2.24, 2.45) is 0 Å². The first kappa shape index (κ1) is 10.4. The number of hydrogen-bond donors (Lipinski definition) is 4. The van der Waals surface area contributed by atoms with Gasteiger partial charge >= 0.3 is 0 Å². The third kappa shape index (κ3) is 2.65. The summed E-state index contributed by atoms with van der Waals surface area (Å²) >= 11 is 0. The van der Waals surface area contributed by atoms with E-state index in [-0.39, 0.29) is 24.6 Å². The van der Waals surface area contributed by atoms with Crippen LogP contribution in [-0.4, -0.2) is 48.0 Å². The van der Waals surface area contributed by atoms with Crippen LogP contribution < -0.4 is 10.6 Å². The van der Waals surface area contributed by atoms with Gasteiger partial charge in [0.05, 0.1) is 18.8 Å². The molecule has 13 heavy (non-hydrogen) atoms. The Morgan fingerprint density at radius 2 is 2.38 bits per heavy atom. The normalized spacial score (nSPS) is 33.3. The molecule has 1 saturated heterocycles. The maximum atomic E-state index is 11.0. The number of aliphatic hydroxyl groups is 2. The van der Waals surface area contributed by atoms with E-state index in [1.165, 1.54) is 0 Å². The molecule has 1 heterocycles. The SMILES string of the molecule is CNC(=O)C[C@@H]1C[C@H](O)[C@@H](CO)N1. The highest BCUT2D eigenvalue weighted by Crippen LogP contribution is 2.15. The van der Waals surface area contributed by atoms with E-state index >= 15 is 0 Å². The topological polar surface area (TPSA) is 81.6 Å². The van der Waals surface area contributed by atoms with Crippen LogP contribution >= 0.6 is 0 Å². The predicted octanol–water partition coefficient (Wildman–Crippen LogP) is -1.79. The molecule has 5 nitrogen and oxygen atoms in total. The molecule has 1 aliphatic rings. The third-order valence-corrected chi connectivity index (χ3v) is 2.35. The van der Waals surface area contributed by atoms with Crippen molar-refractivity contribution in [3.63, 3.8) is 0 Å². The maximum absolute atomic E-state index is 11.0. The number of amides is 1. The first-order chi connectivity index (χ1) is 6.17. The third-order valence-electron chi connectivity index (χ3n) is 2.35. The van der Waals surface area contributed by atoms with Gasteiger partial charge in [-0.15, -0.1) is 0 Å². The van der Waals surface area contributed by atoms with E-state index < -0.39 is 6.10 Å². The number of carbonyl (C=O) groups is 1. The van der Waals surface area contributed by atoms with Gasteiger partial charge in [0.15, 0.2) is 0 Å². The second kappa shape index (κ2) is 4.55. The zero-order valence-corrected chi connectivity index (χ0v) is 7.66. The van der Waals surface area contributed by atoms with Crippen molar-refractivity contribution in [2.75, 3.05) is 13.7 Å². The van der Waals surface area contributed by atoms with E-state index in [0.29, 0.717) is 12.8 Å². The lowest BCUT2D eigenvalue weighted by molar-refractivity contribution is -0.121. The molecule has 0 aromatic carbocycles. The fraction of sp³-hybridized carbons (Fsp3) is 0.875.